The molecule has 0 spiro atoms. The molecule has 1 nitrogen and oxygen atoms in total. The van der Waals surface area contributed by atoms with Crippen molar-refractivity contribution in [1.82, 2.24) is 0 Å². The number of nitrogens with one attached hydrogen (secondary N) is 1. The number of benzene rings is 1. The summed E-state index contributed by atoms with van der Waals surface area (Å²) in [5, 5.41) is 3.50. The minimum atomic E-state index is 0.725. The molecule has 0 amide bonds. The van der Waals surface area contributed by atoms with E-state index in [0.29, 0.717) is 0 Å². The summed E-state index contributed by atoms with van der Waals surface area (Å²) in [6.07, 6.45) is 3.18. The molecule has 84 valence electrons. The minimum absolute atomic E-state index is 0.725. The Kier molecular flexibility index (Phi) is 5.56. The predicted octanol–water partition coefficient (Wildman–Crippen LogP) is 3.85. The van der Waals surface area contributed by atoms with Crippen LogP contribution in [-0.4, -0.2) is 12.4 Å². The van der Waals surface area contributed by atoms with Crippen LogP contribution in [0.15, 0.2) is 18.2 Å². The highest BCUT2D eigenvalue weighted by atomic mass is 35.5. The number of aryl methyl sites for hydroxylation is 2. The second-order valence-electron chi connectivity index (χ2n) is 3.63. The zero-order valence-corrected chi connectivity index (χ0v) is 10.4. The van der Waals surface area contributed by atoms with Crippen molar-refractivity contribution in [3.05, 3.63) is 29.3 Å². The van der Waals surface area contributed by atoms with Gasteiger partial charge in [0.1, 0.15) is 0 Å². The van der Waals surface area contributed by atoms with Crippen LogP contribution in [0.3, 0.4) is 0 Å². The van der Waals surface area contributed by atoms with Crippen molar-refractivity contribution in [2.24, 2.45) is 0 Å². The summed E-state index contributed by atoms with van der Waals surface area (Å²) < 4.78 is 0. The Hall–Kier alpha value is -0.690. The first kappa shape index (κ1) is 12.4. The Morgan fingerprint density at radius 3 is 2.20 bits per heavy atom. The number of alkyl halides is 1. The van der Waals surface area contributed by atoms with E-state index in [-0.39, 0.29) is 0 Å². The second-order valence-corrected chi connectivity index (χ2v) is 4.01. The van der Waals surface area contributed by atoms with Crippen LogP contribution in [0.4, 0.5) is 5.69 Å². The normalized spacial score (nSPS) is 10.3. The lowest BCUT2D eigenvalue weighted by atomic mass is 10.0. The number of rotatable bonds is 6. The van der Waals surface area contributed by atoms with E-state index in [0.717, 1.165) is 31.7 Å². The number of halogens is 1. The number of anilines is 1. The fraction of sp³-hybridized carbons (Fsp3) is 0.538. The molecule has 0 saturated carbocycles. The summed E-state index contributed by atoms with van der Waals surface area (Å²) in [5.74, 6) is 0.725. The van der Waals surface area contributed by atoms with Crippen molar-refractivity contribution in [2.75, 3.05) is 17.7 Å². The summed E-state index contributed by atoms with van der Waals surface area (Å²) in [5.41, 5.74) is 4.14. The van der Waals surface area contributed by atoms with Crippen molar-refractivity contribution in [3.63, 3.8) is 0 Å². The zero-order valence-electron chi connectivity index (χ0n) is 9.65. The largest absolute Gasteiger partial charge is 0.385 e. The van der Waals surface area contributed by atoms with Crippen LogP contribution < -0.4 is 5.32 Å². The van der Waals surface area contributed by atoms with Crippen LogP contribution >= 0.6 is 11.6 Å². The summed E-state index contributed by atoms with van der Waals surface area (Å²) in [6, 6.07) is 6.54. The molecule has 1 N–H and O–H groups in total. The van der Waals surface area contributed by atoms with E-state index in [4.69, 9.17) is 11.6 Å². The third-order valence-electron chi connectivity index (χ3n) is 2.61. The van der Waals surface area contributed by atoms with E-state index in [1.165, 1.54) is 16.8 Å². The molecule has 1 aromatic carbocycles. The third-order valence-corrected chi connectivity index (χ3v) is 2.88. The van der Waals surface area contributed by atoms with Gasteiger partial charge < -0.3 is 5.32 Å². The van der Waals surface area contributed by atoms with Gasteiger partial charge in [-0.3, -0.25) is 0 Å². The van der Waals surface area contributed by atoms with E-state index in [2.05, 4.69) is 37.4 Å². The first-order valence-corrected chi connectivity index (χ1v) is 6.27. The quantitative estimate of drug-likeness (QED) is 0.573. The van der Waals surface area contributed by atoms with Gasteiger partial charge in [0.25, 0.3) is 0 Å². The van der Waals surface area contributed by atoms with Gasteiger partial charge in [-0.1, -0.05) is 32.0 Å². The van der Waals surface area contributed by atoms with Crippen LogP contribution in [-0.2, 0) is 12.8 Å². The molecule has 0 aliphatic heterocycles. The van der Waals surface area contributed by atoms with Crippen molar-refractivity contribution < 1.29 is 0 Å². The van der Waals surface area contributed by atoms with Crippen molar-refractivity contribution in [2.45, 2.75) is 33.1 Å². The Labute approximate surface area is 97.8 Å². The summed E-state index contributed by atoms with van der Waals surface area (Å²) in [6.45, 7) is 5.36. The highest BCUT2D eigenvalue weighted by Crippen LogP contribution is 2.22. The van der Waals surface area contributed by atoms with Gasteiger partial charge in [-0.25, -0.2) is 0 Å². The highest BCUT2D eigenvalue weighted by Gasteiger charge is 2.04. The minimum Gasteiger partial charge on any atom is -0.385 e. The van der Waals surface area contributed by atoms with Crippen LogP contribution in [0, 0.1) is 0 Å². The zero-order chi connectivity index (χ0) is 11.1. The van der Waals surface area contributed by atoms with Gasteiger partial charge >= 0.3 is 0 Å². The summed E-state index contributed by atoms with van der Waals surface area (Å²) >= 11 is 5.68. The van der Waals surface area contributed by atoms with Gasteiger partial charge in [0.2, 0.25) is 0 Å². The molecular weight excluding hydrogens is 206 g/mol. The second kappa shape index (κ2) is 6.73. The van der Waals surface area contributed by atoms with Crippen LogP contribution in [0.5, 0.6) is 0 Å². The maximum atomic E-state index is 5.68. The van der Waals surface area contributed by atoms with Crippen molar-refractivity contribution in [3.8, 4) is 0 Å². The highest BCUT2D eigenvalue weighted by molar-refractivity contribution is 6.17. The van der Waals surface area contributed by atoms with E-state index >= 15 is 0 Å². The molecule has 0 aliphatic rings. The Morgan fingerprint density at radius 2 is 1.73 bits per heavy atom. The Balaban J connectivity index is 2.80. The molecule has 0 aliphatic carbocycles. The molecule has 1 rings (SSSR count). The fourth-order valence-electron chi connectivity index (χ4n) is 1.75. The van der Waals surface area contributed by atoms with Gasteiger partial charge in [0, 0.05) is 18.1 Å². The lowest BCUT2D eigenvalue weighted by Crippen LogP contribution is -2.07. The number of hydrogen-bond donors (Lipinski definition) is 1. The number of hydrogen-bond acceptors (Lipinski definition) is 1. The standard InChI is InChI=1S/C13H20ClN/c1-3-11-7-5-8-12(4-2)13(11)15-10-6-9-14/h5,7-8,15H,3-4,6,9-10H2,1-2H3. The van der Waals surface area contributed by atoms with E-state index in [9.17, 15) is 0 Å². The number of para-hydroxylation sites is 1. The Morgan fingerprint density at radius 1 is 1.13 bits per heavy atom. The molecule has 0 heterocycles. The molecule has 0 atom stereocenters. The van der Waals surface area contributed by atoms with Gasteiger partial charge in [-0.2, -0.15) is 0 Å². The SMILES string of the molecule is CCc1cccc(CC)c1NCCCCl. The van der Waals surface area contributed by atoms with Gasteiger partial charge in [0.05, 0.1) is 0 Å². The summed E-state index contributed by atoms with van der Waals surface area (Å²) in [7, 11) is 0. The molecular formula is C13H20ClN. The van der Waals surface area contributed by atoms with Gasteiger partial charge in [-0.05, 0) is 30.4 Å². The Bertz CT molecular complexity index is 274. The molecule has 15 heavy (non-hydrogen) atoms. The van der Waals surface area contributed by atoms with Crippen LogP contribution in [0.25, 0.3) is 0 Å². The lowest BCUT2D eigenvalue weighted by molar-refractivity contribution is 0.969. The summed E-state index contributed by atoms with van der Waals surface area (Å²) in [4.78, 5) is 0. The topological polar surface area (TPSA) is 12.0 Å². The van der Waals surface area contributed by atoms with Crippen LogP contribution in [0.2, 0.25) is 0 Å². The third kappa shape index (κ3) is 3.42. The van der Waals surface area contributed by atoms with E-state index in [1.807, 2.05) is 0 Å². The fourth-order valence-corrected chi connectivity index (χ4v) is 1.88. The predicted molar refractivity (Wildman–Crippen MR) is 69.0 cm³/mol. The van der Waals surface area contributed by atoms with Gasteiger partial charge in [0.15, 0.2) is 0 Å². The average Bonchev–Trinajstić information content (AvgIpc) is 2.29. The maximum Gasteiger partial charge on any atom is 0.0405 e. The molecule has 0 unspecified atom stereocenters. The first-order chi connectivity index (χ1) is 7.33. The maximum absolute atomic E-state index is 5.68. The molecule has 0 bridgehead atoms. The molecule has 0 fully saturated rings. The van der Waals surface area contributed by atoms with Crippen molar-refractivity contribution in [1.29, 1.82) is 0 Å². The average molecular weight is 226 g/mol. The lowest BCUT2D eigenvalue weighted by Gasteiger charge is -2.14. The van der Waals surface area contributed by atoms with Crippen molar-refractivity contribution >= 4 is 17.3 Å². The molecule has 1 aromatic rings. The molecule has 0 aromatic heterocycles. The monoisotopic (exact) mass is 225 g/mol. The van der Waals surface area contributed by atoms with Gasteiger partial charge in [-0.15, -0.1) is 11.6 Å². The smallest absolute Gasteiger partial charge is 0.0405 e. The molecule has 2 heteroatoms. The van der Waals surface area contributed by atoms with E-state index < -0.39 is 0 Å². The van der Waals surface area contributed by atoms with Crippen LogP contribution in [0.1, 0.15) is 31.4 Å². The first-order valence-electron chi connectivity index (χ1n) is 5.74. The molecule has 0 saturated heterocycles. The van der Waals surface area contributed by atoms with E-state index in [1.54, 1.807) is 0 Å². The molecule has 0 radical (unpaired) electrons.